The summed E-state index contributed by atoms with van der Waals surface area (Å²) in [6.07, 6.45) is 0.549. The summed E-state index contributed by atoms with van der Waals surface area (Å²) in [5.41, 5.74) is 1.01. The Hall–Kier alpha value is -1.34. The van der Waals surface area contributed by atoms with Crippen molar-refractivity contribution in [3.8, 4) is 5.75 Å². The molecule has 7 heteroatoms. The number of nitrogens with zero attached hydrogens (tertiary/aromatic N) is 2. The van der Waals surface area contributed by atoms with Gasteiger partial charge in [0.1, 0.15) is 11.9 Å². The van der Waals surface area contributed by atoms with Gasteiger partial charge in [0.15, 0.2) is 0 Å². The predicted octanol–water partition coefficient (Wildman–Crippen LogP) is 2.54. The predicted molar refractivity (Wildman–Crippen MR) is 111 cm³/mol. The lowest BCUT2D eigenvalue weighted by molar-refractivity contribution is -0.122. The molecule has 0 spiro atoms. The van der Waals surface area contributed by atoms with E-state index in [2.05, 4.69) is 35.9 Å². The number of carbonyl (C=O) groups excluding carboxylic acids is 1. The quantitative estimate of drug-likeness (QED) is 0.782. The van der Waals surface area contributed by atoms with Crippen LogP contribution in [-0.4, -0.2) is 73.3 Å². The zero-order chi connectivity index (χ0) is 20.1. The third-order valence-corrected chi connectivity index (χ3v) is 5.74. The summed E-state index contributed by atoms with van der Waals surface area (Å²) < 4.78 is 11.4. The van der Waals surface area contributed by atoms with E-state index >= 15 is 0 Å². The Bertz CT molecular complexity index is 677. The Labute approximate surface area is 173 Å². The molecule has 0 saturated carbocycles. The minimum atomic E-state index is -0.0694. The van der Waals surface area contributed by atoms with Crippen LogP contribution in [0.2, 0.25) is 5.02 Å². The van der Waals surface area contributed by atoms with Crippen molar-refractivity contribution in [1.29, 1.82) is 0 Å². The molecule has 2 heterocycles. The first-order valence-electron chi connectivity index (χ1n) is 10.1. The summed E-state index contributed by atoms with van der Waals surface area (Å²) in [4.78, 5) is 17.1. The molecule has 1 aromatic rings. The van der Waals surface area contributed by atoms with Crippen molar-refractivity contribution in [2.45, 2.75) is 45.4 Å². The van der Waals surface area contributed by atoms with Gasteiger partial charge in [0, 0.05) is 61.8 Å². The van der Waals surface area contributed by atoms with Crippen molar-refractivity contribution in [3.63, 3.8) is 0 Å². The van der Waals surface area contributed by atoms with Crippen LogP contribution in [0.3, 0.4) is 0 Å². The van der Waals surface area contributed by atoms with E-state index in [1.807, 2.05) is 18.2 Å². The zero-order valence-corrected chi connectivity index (χ0v) is 17.9. The molecule has 0 bridgehead atoms. The Morgan fingerprint density at radius 3 is 2.82 bits per heavy atom. The van der Waals surface area contributed by atoms with Crippen LogP contribution in [0.25, 0.3) is 0 Å². The van der Waals surface area contributed by atoms with Crippen molar-refractivity contribution < 1.29 is 14.3 Å². The summed E-state index contributed by atoms with van der Waals surface area (Å²) in [5.74, 6) is 0.974. The summed E-state index contributed by atoms with van der Waals surface area (Å²) in [6, 6.07) is 5.73. The Balaban J connectivity index is 1.48. The number of carbonyl (C=O) groups is 1. The third-order valence-electron chi connectivity index (χ3n) is 5.50. The molecular weight excluding hydrogens is 378 g/mol. The van der Waals surface area contributed by atoms with Gasteiger partial charge in [-0.1, -0.05) is 11.6 Å². The van der Waals surface area contributed by atoms with Gasteiger partial charge >= 0.3 is 0 Å². The number of benzene rings is 1. The van der Waals surface area contributed by atoms with Crippen molar-refractivity contribution >= 4 is 17.5 Å². The molecule has 6 nitrogen and oxygen atoms in total. The van der Waals surface area contributed by atoms with Crippen LogP contribution in [0.15, 0.2) is 18.2 Å². The molecule has 3 rings (SSSR count). The lowest BCUT2D eigenvalue weighted by Gasteiger charge is -2.40. The molecule has 28 heavy (non-hydrogen) atoms. The van der Waals surface area contributed by atoms with Crippen LogP contribution in [0.4, 0.5) is 0 Å². The van der Waals surface area contributed by atoms with Gasteiger partial charge in [0.25, 0.3) is 0 Å². The van der Waals surface area contributed by atoms with Crippen LogP contribution < -0.4 is 10.1 Å². The fourth-order valence-corrected chi connectivity index (χ4v) is 4.02. The first-order valence-corrected chi connectivity index (χ1v) is 10.5. The van der Waals surface area contributed by atoms with Crippen LogP contribution in [0, 0.1) is 0 Å². The summed E-state index contributed by atoms with van der Waals surface area (Å²) >= 11 is 6.14. The molecule has 2 aliphatic rings. The molecule has 0 radical (unpaired) electrons. The monoisotopic (exact) mass is 409 g/mol. The number of nitrogens with one attached hydrogen (secondary N) is 1. The van der Waals surface area contributed by atoms with E-state index in [9.17, 15) is 4.79 Å². The van der Waals surface area contributed by atoms with E-state index in [1.54, 1.807) is 0 Å². The van der Waals surface area contributed by atoms with Gasteiger partial charge in [-0.2, -0.15) is 0 Å². The normalized spacial score (nSPS) is 21.5. The Morgan fingerprint density at radius 1 is 1.32 bits per heavy atom. The summed E-state index contributed by atoms with van der Waals surface area (Å²) in [5, 5.41) is 3.82. The molecule has 1 saturated heterocycles. The molecule has 1 N–H and O–H groups in total. The number of morpholine rings is 1. The van der Waals surface area contributed by atoms with Gasteiger partial charge in [0.05, 0.1) is 13.2 Å². The topological polar surface area (TPSA) is 54.0 Å². The Morgan fingerprint density at radius 2 is 2.07 bits per heavy atom. The molecular formula is C21H32ClN3O3. The molecule has 156 valence electrons. The van der Waals surface area contributed by atoms with Crippen molar-refractivity contribution in [2.75, 3.05) is 45.9 Å². The van der Waals surface area contributed by atoms with Gasteiger partial charge in [0.2, 0.25) is 5.91 Å². The lowest BCUT2D eigenvalue weighted by Crippen LogP contribution is -2.55. The highest BCUT2D eigenvalue weighted by molar-refractivity contribution is 6.30. The number of fused-ring (bicyclic) bond motifs is 1. The standard InChI is InChI=1S/C21H32ClN3O3/c1-16-13-24(14-17-12-18(22)4-5-19(17)28-16)7-6-20(26)23-15-21(2,3)25-8-10-27-11-9-25/h4-5,12,16H,6-11,13-15H2,1-3H3,(H,23,26). The first kappa shape index (κ1) is 21.4. The average Bonchev–Trinajstić information content (AvgIpc) is 2.83. The maximum absolute atomic E-state index is 12.4. The largest absolute Gasteiger partial charge is 0.489 e. The minimum Gasteiger partial charge on any atom is -0.489 e. The molecule has 1 amide bonds. The van der Waals surface area contributed by atoms with Crippen LogP contribution in [0.5, 0.6) is 5.75 Å². The second kappa shape index (κ2) is 9.44. The number of halogens is 1. The van der Waals surface area contributed by atoms with E-state index < -0.39 is 0 Å². The van der Waals surface area contributed by atoms with Gasteiger partial charge < -0.3 is 14.8 Å². The van der Waals surface area contributed by atoms with E-state index in [4.69, 9.17) is 21.1 Å². The van der Waals surface area contributed by atoms with Crippen LogP contribution in [0.1, 0.15) is 32.8 Å². The van der Waals surface area contributed by atoms with E-state index in [0.717, 1.165) is 50.7 Å². The van der Waals surface area contributed by atoms with E-state index in [0.29, 0.717) is 24.5 Å². The second-order valence-corrected chi connectivity index (χ2v) is 8.79. The summed E-state index contributed by atoms with van der Waals surface area (Å²) in [6.45, 7) is 12.6. The number of hydrogen-bond acceptors (Lipinski definition) is 5. The van der Waals surface area contributed by atoms with Crippen LogP contribution >= 0.6 is 11.6 Å². The Kier molecular flexibility index (Phi) is 7.20. The molecule has 1 fully saturated rings. The van der Waals surface area contributed by atoms with Gasteiger partial charge in [-0.05, 0) is 39.0 Å². The molecule has 1 aromatic carbocycles. The van der Waals surface area contributed by atoms with E-state index in [1.165, 1.54) is 0 Å². The molecule has 2 aliphatic heterocycles. The number of ether oxygens (including phenoxy) is 2. The number of amides is 1. The molecule has 1 atom stereocenters. The highest BCUT2D eigenvalue weighted by Gasteiger charge is 2.28. The maximum Gasteiger partial charge on any atom is 0.221 e. The average molecular weight is 410 g/mol. The van der Waals surface area contributed by atoms with Crippen molar-refractivity contribution in [1.82, 2.24) is 15.1 Å². The fourth-order valence-electron chi connectivity index (χ4n) is 3.82. The van der Waals surface area contributed by atoms with Crippen molar-refractivity contribution in [3.05, 3.63) is 28.8 Å². The van der Waals surface area contributed by atoms with Gasteiger partial charge in [-0.15, -0.1) is 0 Å². The highest BCUT2D eigenvalue weighted by atomic mass is 35.5. The molecule has 0 aromatic heterocycles. The van der Waals surface area contributed by atoms with Gasteiger partial charge in [-0.3, -0.25) is 14.6 Å². The first-order chi connectivity index (χ1) is 13.3. The molecule has 1 unspecified atom stereocenters. The SMILES string of the molecule is CC1CN(CCC(=O)NCC(C)(C)N2CCOCC2)Cc2cc(Cl)ccc2O1. The number of hydrogen-bond donors (Lipinski definition) is 1. The molecule has 0 aliphatic carbocycles. The lowest BCUT2D eigenvalue weighted by atomic mass is 10.0. The van der Waals surface area contributed by atoms with Crippen LogP contribution in [-0.2, 0) is 16.1 Å². The van der Waals surface area contributed by atoms with E-state index in [-0.39, 0.29) is 17.6 Å². The van der Waals surface area contributed by atoms with Crippen molar-refractivity contribution in [2.24, 2.45) is 0 Å². The fraction of sp³-hybridized carbons (Fsp3) is 0.667. The number of rotatable bonds is 6. The zero-order valence-electron chi connectivity index (χ0n) is 17.2. The third kappa shape index (κ3) is 5.83. The second-order valence-electron chi connectivity index (χ2n) is 8.35. The van der Waals surface area contributed by atoms with Gasteiger partial charge in [-0.25, -0.2) is 0 Å². The maximum atomic E-state index is 12.4. The highest BCUT2D eigenvalue weighted by Crippen LogP contribution is 2.28. The smallest absolute Gasteiger partial charge is 0.221 e. The summed E-state index contributed by atoms with van der Waals surface area (Å²) in [7, 11) is 0. The minimum absolute atomic E-state index is 0.0694.